The first kappa shape index (κ1) is 23.8. The van der Waals surface area contributed by atoms with E-state index in [1.54, 1.807) is 12.0 Å². The number of ether oxygens (including phenoxy) is 1. The van der Waals surface area contributed by atoms with Crippen LogP contribution in [0.2, 0.25) is 0 Å². The maximum Gasteiger partial charge on any atom is 0.254 e. The highest BCUT2D eigenvalue weighted by molar-refractivity contribution is 6.01. The molecule has 0 radical (unpaired) electrons. The number of nitrogens with one attached hydrogen (secondary N) is 2. The number of carbonyl (C=O) groups is 2. The highest BCUT2D eigenvalue weighted by Crippen LogP contribution is 2.44. The van der Waals surface area contributed by atoms with Crippen LogP contribution in [0.25, 0.3) is 6.08 Å². The van der Waals surface area contributed by atoms with Crippen LogP contribution in [0.15, 0.2) is 36.5 Å². The number of hydrogen-bond acceptors (Lipinski definition) is 3. The molecule has 172 valence electrons. The lowest BCUT2D eigenvalue weighted by Gasteiger charge is -2.41. The van der Waals surface area contributed by atoms with E-state index in [0.29, 0.717) is 31.2 Å². The molecule has 2 heterocycles. The number of H-pyrrole nitrogens is 1. The summed E-state index contributed by atoms with van der Waals surface area (Å²) in [6, 6.07) is 7.05. The van der Waals surface area contributed by atoms with E-state index in [1.807, 2.05) is 56.5 Å². The van der Waals surface area contributed by atoms with Crippen molar-refractivity contribution >= 4 is 17.9 Å². The van der Waals surface area contributed by atoms with Crippen molar-refractivity contribution in [1.29, 1.82) is 0 Å². The average Bonchev–Trinajstić information content (AvgIpc) is 3.12. The van der Waals surface area contributed by atoms with E-state index < -0.39 is 12.0 Å². The maximum atomic E-state index is 13.6. The van der Waals surface area contributed by atoms with Crippen molar-refractivity contribution in [3.63, 3.8) is 0 Å². The van der Waals surface area contributed by atoms with Gasteiger partial charge in [0.1, 0.15) is 0 Å². The van der Waals surface area contributed by atoms with Gasteiger partial charge in [0.25, 0.3) is 5.91 Å². The fourth-order valence-electron chi connectivity index (χ4n) is 4.44. The van der Waals surface area contributed by atoms with E-state index in [4.69, 9.17) is 4.74 Å². The fraction of sp³-hybridized carbons (Fsp3) is 0.462. The zero-order chi connectivity index (χ0) is 23.3. The van der Waals surface area contributed by atoms with Crippen molar-refractivity contribution < 1.29 is 14.3 Å². The molecule has 0 saturated heterocycles. The summed E-state index contributed by atoms with van der Waals surface area (Å²) >= 11 is 0. The lowest BCUT2D eigenvalue weighted by Crippen LogP contribution is -2.48. The topological polar surface area (TPSA) is 74.4 Å². The molecule has 2 amide bonds. The van der Waals surface area contributed by atoms with Crippen LogP contribution in [0.5, 0.6) is 0 Å². The van der Waals surface area contributed by atoms with Gasteiger partial charge in [0, 0.05) is 43.2 Å². The zero-order valence-electron chi connectivity index (χ0n) is 19.8. The van der Waals surface area contributed by atoms with Crippen molar-refractivity contribution in [2.75, 3.05) is 26.8 Å². The lowest BCUT2D eigenvalue weighted by atomic mass is 9.78. The highest BCUT2D eigenvalue weighted by Gasteiger charge is 2.44. The molecule has 0 bridgehead atoms. The van der Waals surface area contributed by atoms with Crippen LogP contribution in [0, 0.1) is 12.8 Å². The largest absolute Gasteiger partial charge is 0.383 e. The fourth-order valence-corrected chi connectivity index (χ4v) is 4.44. The molecule has 2 atom stereocenters. The number of aromatic amines is 1. The molecular formula is C26H35N3O3. The summed E-state index contributed by atoms with van der Waals surface area (Å²) in [5, 5.41) is 3.14. The number of hydrogen-bond donors (Lipinski definition) is 2. The Bertz CT molecular complexity index is 976. The van der Waals surface area contributed by atoms with Gasteiger partial charge in [0.05, 0.1) is 18.6 Å². The second kappa shape index (κ2) is 10.6. The number of amides is 2. The van der Waals surface area contributed by atoms with Crippen LogP contribution in [0.1, 0.15) is 71.9 Å². The van der Waals surface area contributed by atoms with E-state index in [0.717, 1.165) is 28.8 Å². The van der Waals surface area contributed by atoms with Crippen molar-refractivity contribution in [3.05, 3.63) is 64.5 Å². The molecule has 1 aromatic carbocycles. The number of aryl methyl sites for hydroxylation is 1. The molecule has 2 N–H and O–H groups in total. The van der Waals surface area contributed by atoms with E-state index >= 15 is 0 Å². The molecule has 1 aliphatic rings. The van der Waals surface area contributed by atoms with Gasteiger partial charge in [-0.2, -0.15) is 0 Å². The number of allylic oxidation sites excluding steroid dienone is 1. The van der Waals surface area contributed by atoms with Crippen molar-refractivity contribution in [1.82, 2.24) is 15.2 Å². The van der Waals surface area contributed by atoms with Gasteiger partial charge in [-0.25, -0.2) is 0 Å². The molecule has 1 aliphatic heterocycles. The van der Waals surface area contributed by atoms with Gasteiger partial charge in [-0.3, -0.25) is 9.59 Å². The Balaban J connectivity index is 2.14. The minimum atomic E-state index is -0.507. The molecule has 1 aromatic heterocycles. The monoisotopic (exact) mass is 437 g/mol. The summed E-state index contributed by atoms with van der Waals surface area (Å²) in [5.74, 6) is -0.132. The summed E-state index contributed by atoms with van der Waals surface area (Å²) in [7, 11) is 1.62. The second-order valence-corrected chi connectivity index (χ2v) is 8.76. The van der Waals surface area contributed by atoms with Crippen molar-refractivity contribution in [3.8, 4) is 0 Å². The Morgan fingerprint density at radius 3 is 2.72 bits per heavy atom. The summed E-state index contributed by atoms with van der Waals surface area (Å²) in [4.78, 5) is 32.3. The van der Waals surface area contributed by atoms with E-state index in [2.05, 4.69) is 24.1 Å². The normalized spacial score (nSPS) is 18.4. The minimum Gasteiger partial charge on any atom is -0.383 e. The molecule has 0 aliphatic carbocycles. The molecule has 2 unspecified atom stereocenters. The van der Waals surface area contributed by atoms with Crippen LogP contribution < -0.4 is 5.32 Å². The third-order valence-electron chi connectivity index (χ3n) is 6.09. The van der Waals surface area contributed by atoms with Gasteiger partial charge < -0.3 is 19.9 Å². The number of methoxy groups -OCH3 is 1. The number of benzene rings is 1. The van der Waals surface area contributed by atoms with Crippen LogP contribution >= 0.6 is 0 Å². The number of fused-ring (bicyclic) bond motifs is 1. The standard InChI is InChI=1S/C26H35N3O3/c1-6-9-19-18(4)28-16-22(19)24-23(25(30)27-13-12-17(2)3)20-10-7-8-11-21(20)26(31)29(24)14-15-32-5/h6-11,16-17,23-24,28H,12-15H2,1-5H3,(H,27,30)/b9-6-. The average molecular weight is 438 g/mol. The Hall–Kier alpha value is -2.86. The highest BCUT2D eigenvalue weighted by atomic mass is 16.5. The van der Waals surface area contributed by atoms with Gasteiger partial charge in [-0.1, -0.05) is 44.2 Å². The first-order valence-corrected chi connectivity index (χ1v) is 11.4. The Kier molecular flexibility index (Phi) is 7.91. The molecule has 0 fully saturated rings. The molecule has 2 aromatic rings. The van der Waals surface area contributed by atoms with Gasteiger partial charge in [0.15, 0.2) is 0 Å². The van der Waals surface area contributed by atoms with Crippen LogP contribution in [-0.2, 0) is 9.53 Å². The summed E-state index contributed by atoms with van der Waals surface area (Å²) in [6.45, 7) is 9.68. The van der Waals surface area contributed by atoms with E-state index in [9.17, 15) is 9.59 Å². The quantitative estimate of drug-likeness (QED) is 0.609. The molecule has 32 heavy (non-hydrogen) atoms. The zero-order valence-corrected chi connectivity index (χ0v) is 19.8. The molecule has 0 saturated carbocycles. The Morgan fingerprint density at radius 2 is 2.03 bits per heavy atom. The van der Waals surface area contributed by atoms with Crippen LogP contribution in [-0.4, -0.2) is 48.5 Å². The predicted octanol–water partition coefficient (Wildman–Crippen LogP) is 4.45. The first-order chi connectivity index (χ1) is 15.4. The first-order valence-electron chi connectivity index (χ1n) is 11.4. The minimum absolute atomic E-state index is 0.0525. The maximum absolute atomic E-state index is 13.6. The van der Waals surface area contributed by atoms with Gasteiger partial charge in [-0.15, -0.1) is 0 Å². The van der Waals surface area contributed by atoms with Gasteiger partial charge in [0.2, 0.25) is 5.91 Å². The SMILES string of the molecule is C/C=C\c1c(C2C(C(=O)NCCC(C)C)c3ccccc3C(=O)N2CCOC)c[nH]c1C. The lowest BCUT2D eigenvalue weighted by molar-refractivity contribution is -0.124. The smallest absolute Gasteiger partial charge is 0.254 e. The Labute approximate surface area is 191 Å². The van der Waals surface area contributed by atoms with Gasteiger partial charge >= 0.3 is 0 Å². The van der Waals surface area contributed by atoms with E-state index in [1.165, 1.54) is 0 Å². The second-order valence-electron chi connectivity index (χ2n) is 8.76. The Morgan fingerprint density at radius 1 is 1.28 bits per heavy atom. The molecule has 0 spiro atoms. The summed E-state index contributed by atoms with van der Waals surface area (Å²) in [5.41, 5.74) is 4.35. The number of rotatable bonds is 9. The van der Waals surface area contributed by atoms with Gasteiger partial charge in [-0.05, 0) is 43.4 Å². The third kappa shape index (κ3) is 4.80. The summed E-state index contributed by atoms with van der Waals surface area (Å²) < 4.78 is 5.32. The summed E-state index contributed by atoms with van der Waals surface area (Å²) in [6.07, 6.45) is 6.86. The third-order valence-corrected chi connectivity index (χ3v) is 6.09. The van der Waals surface area contributed by atoms with Crippen molar-refractivity contribution in [2.24, 2.45) is 5.92 Å². The van der Waals surface area contributed by atoms with Crippen LogP contribution in [0.4, 0.5) is 0 Å². The molecule has 6 nitrogen and oxygen atoms in total. The predicted molar refractivity (Wildman–Crippen MR) is 128 cm³/mol. The number of aromatic nitrogens is 1. The molecule has 3 rings (SSSR count). The molecule has 6 heteroatoms. The van der Waals surface area contributed by atoms with Crippen molar-refractivity contribution in [2.45, 2.75) is 46.1 Å². The number of nitrogens with zero attached hydrogens (tertiary/aromatic N) is 1. The number of carbonyl (C=O) groups excluding carboxylic acids is 2. The molecular weight excluding hydrogens is 402 g/mol. The van der Waals surface area contributed by atoms with Crippen LogP contribution in [0.3, 0.4) is 0 Å². The van der Waals surface area contributed by atoms with E-state index in [-0.39, 0.29) is 11.8 Å².